The summed E-state index contributed by atoms with van der Waals surface area (Å²) in [6.45, 7) is 3.86. The van der Waals surface area contributed by atoms with Crippen LogP contribution in [0.4, 0.5) is 0 Å². The molecule has 0 unspecified atom stereocenters. The lowest BCUT2D eigenvalue weighted by molar-refractivity contribution is -0.128. The molecule has 1 aliphatic carbocycles. The van der Waals surface area contributed by atoms with Gasteiger partial charge in [0.05, 0.1) is 10.1 Å². The second-order valence-electron chi connectivity index (χ2n) is 6.68. The van der Waals surface area contributed by atoms with E-state index in [0.717, 1.165) is 31.2 Å². The molecular weight excluding hydrogens is 356 g/mol. The molecule has 2 aliphatic rings. The van der Waals surface area contributed by atoms with Crippen molar-refractivity contribution >= 4 is 32.9 Å². The first-order chi connectivity index (χ1) is 11.9. The highest BCUT2D eigenvalue weighted by Crippen LogP contribution is 2.36. The minimum absolute atomic E-state index is 0.0113. The molecule has 0 aromatic heterocycles. The number of hydrogen-bond acceptors (Lipinski definition) is 4. The zero-order valence-corrected chi connectivity index (χ0v) is 16.3. The summed E-state index contributed by atoms with van der Waals surface area (Å²) in [4.78, 5) is 14.6. The van der Waals surface area contributed by atoms with E-state index in [-0.39, 0.29) is 22.1 Å². The van der Waals surface area contributed by atoms with Crippen LogP contribution in [0.15, 0.2) is 33.6 Å². The number of aryl methyl sites for hydroxylation is 1. The van der Waals surface area contributed by atoms with E-state index >= 15 is 0 Å². The Hall–Kier alpha value is -1.34. The summed E-state index contributed by atoms with van der Waals surface area (Å²) in [5.41, 5.74) is 0.993. The molecule has 1 saturated carbocycles. The Kier molecular flexibility index (Phi) is 5.53. The number of hydrogen-bond donors (Lipinski definition) is 0. The summed E-state index contributed by atoms with van der Waals surface area (Å²) < 4.78 is 29.5. The molecule has 1 aromatic carbocycles. The Balaban J connectivity index is 1.95. The molecule has 0 N–H and O–H groups in total. The van der Waals surface area contributed by atoms with Crippen molar-refractivity contribution in [2.75, 3.05) is 0 Å². The van der Waals surface area contributed by atoms with Gasteiger partial charge in [-0.25, -0.2) is 0 Å². The Bertz CT molecular complexity index is 766. The molecule has 5 nitrogen and oxygen atoms in total. The number of carbonyl (C=O) groups is 1. The number of thioether (sulfide) groups is 1. The Labute approximate surface area is 153 Å². The van der Waals surface area contributed by atoms with Gasteiger partial charge >= 0.3 is 0 Å². The molecule has 1 aromatic rings. The van der Waals surface area contributed by atoms with Crippen molar-refractivity contribution in [2.45, 2.75) is 68.6 Å². The molecule has 1 heterocycles. The van der Waals surface area contributed by atoms with Crippen LogP contribution in [0.25, 0.3) is 0 Å². The topological polar surface area (TPSA) is 66.8 Å². The van der Waals surface area contributed by atoms with Gasteiger partial charge in [-0.3, -0.25) is 9.69 Å². The lowest BCUT2D eigenvalue weighted by atomic mass is 9.94. The van der Waals surface area contributed by atoms with Crippen molar-refractivity contribution in [1.82, 2.24) is 4.90 Å². The molecule has 1 atom stereocenters. The smallest absolute Gasteiger partial charge is 0.284 e. The van der Waals surface area contributed by atoms with Crippen molar-refractivity contribution in [3.05, 3.63) is 29.8 Å². The van der Waals surface area contributed by atoms with Gasteiger partial charge in [-0.05, 0) is 38.3 Å². The van der Waals surface area contributed by atoms with Crippen LogP contribution in [0, 0.1) is 6.92 Å². The maximum Gasteiger partial charge on any atom is 0.284 e. The zero-order chi connectivity index (χ0) is 18.0. The largest absolute Gasteiger partial charge is 0.287 e. The first kappa shape index (κ1) is 18.5. The fraction of sp³-hybridized carbons (Fsp3) is 0.556. The molecule has 7 heteroatoms. The first-order valence-corrected chi connectivity index (χ1v) is 11.2. The van der Waals surface area contributed by atoms with Gasteiger partial charge in [0.15, 0.2) is 5.17 Å². The van der Waals surface area contributed by atoms with Crippen molar-refractivity contribution in [2.24, 2.45) is 4.40 Å². The maximum atomic E-state index is 12.7. The van der Waals surface area contributed by atoms with Crippen LogP contribution in [0.2, 0.25) is 0 Å². The van der Waals surface area contributed by atoms with Crippen molar-refractivity contribution < 1.29 is 13.2 Å². The van der Waals surface area contributed by atoms with Crippen LogP contribution < -0.4 is 0 Å². The molecule has 136 valence electrons. The fourth-order valence-electron chi connectivity index (χ4n) is 3.35. The summed E-state index contributed by atoms with van der Waals surface area (Å²) in [6, 6.07) is 6.73. The third-order valence-electron chi connectivity index (χ3n) is 4.79. The minimum Gasteiger partial charge on any atom is -0.287 e. The summed E-state index contributed by atoms with van der Waals surface area (Å²) in [5.74, 6) is 0.0113. The van der Waals surface area contributed by atoms with E-state index < -0.39 is 10.0 Å². The average molecular weight is 381 g/mol. The molecule has 0 bridgehead atoms. The third-order valence-corrected chi connectivity index (χ3v) is 7.51. The van der Waals surface area contributed by atoms with Crippen LogP contribution in [-0.4, -0.2) is 35.7 Å². The summed E-state index contributed by atoms with van der Waals surface area (Å²) >= 11 is 1.29. The van der Waals surface area contributed by atoms with E-state index in [1.807, 2.05) is 13.8 Å². The van der Waals surface area contributed by atoms with Crippen LogP contribution in [0.1, 0.15) is 51.0 Å². The molecule has 1 aliphatic heterocycles. The standard InChI is InChI=1S/C18H24N2O3S2/c1-3-16-17(21)20(14-7-5-4-6-8-14)18(24-16)19-25(22,23)15-11-9-13(2)10-12-15/h9-12,14,16H,3-8H2,1-2H3/t16-/m0/s1. The first-order valence-electron chi connectivity index (χ1n) is 8.83. The van der Waals surface area contributed by atoms with Crippen molar-refractivity contribution in [3.8, 4) is 0 Å². The molecule has 3 rings (SSSR count). The zero-order valence-electron chi connectivity index (χ0n) is 14.6. The minimum atomic E-state index is -3.81. The van der Waals surface area contributed by atoms with E-state index in [4.69, 9.17) is 0 Å². The summed E-state index contributed by atoms with van der Waals surface area (Å²) in [5, 5.41) is 0.123. The van der Waals surface area contributed by atoms with E-state index in [1.165, 1.54) is 18.2 Å². The SMILES string of the molecule is CC[C@@H]1SC(=NS(=O)(=O)c2ccc(C)cc2)N(C2CCCCC2)C1=O. The maximum absolute atomic E-state index is 12.7. The number of amides is 1. The number of nitrogens with zero attached hydrogens (tertiary/aromatic N) is 2. The predicted octanol–water partition coefficient (Wildman–Crippen LogP) is 3.73. The van der Waals surface area contributed by atoms with E-state index in [1.54, 1.807) is 29.2 Å². The van der Waals surface area contributed by atoms with E-state index in [0.29, 0.717) is 11.6 Å². The highest BCUT2D eigenvalue weighted by molar-refractivity contribution is 8.16. The Morgan fingerprint density at radius 1 is 1.16 bits per heavy atom. The molecule has 0 spiro atoms. The predicted molar refractivity (Wildman–Crippen MR) is 101 cm³/mol. The molecule has 1 amide bonds. The summed E-state index contributed by atoms with van der Waals surface area (Å²) in [7, 11) is -3.81. The molecular formula is C18H24N2O3S2. The van der Waals surface area contributed by atoms with E-state index in [2.05, 4.69) is 4.40 Å². The second-order valence-corrected chi connectivity index (χ2v) is 9.45. The van der Waals surface area contributed by atoms with Gasteiger partial charge in [-0.1, -0.05) is 55.6 Å². The van der Waals surface area contributed by atoms with Crippen LogP contribution in [0.5, 0.6) is 0 Å². The highest BCUT2D eigenvalue weighted by Gasteiger charge is 2.42. The van der Waals surface area contributed by atoms with Gasteiger partial charge < -0.3 is 0 Å². The van der Waals surface area contributed by atoms with Gasteiger partial charge in [0.25, 0.3) is 10.0 Å². The number of rotatable bonds is 4. The molecule has 1 saturated heterocycles. The quantitative estimate of drug-likeness (QED) is 0.798. The number of amidine groups is 1. The van der Waals surface area contributed by atoms with Crippen molar-refractivity contribution in [1.29, 1.82) is 0 Å². The normalized spacial score (nSPS) is 24.2. The molecule has 2 fully saturated rings. The third kappa shape index (κ3) is 3.92. The monoisotopic (exact) mass is 380 g/mol. The van der Waals surface area contributed by atoms with Crippen LogP contribution >= 0.6 is 11.8 Å². The number of sulfonamides is 1. The van der Waals surface area contributed by atoms with Gasteiger partial charge in [0.1, 0.15) is 0 Å². The summed E-state index contributed by atoms with van der Waals surface area (Å²) in [6.07, 6.45) is 5.85. The lowest BCUT2D eigenvalue weighted by Crippen LogP contribution is -2.42. The average Bonchev–Trinajstić information content (AvgIpc) is 2.90. The van der Waals surface area contributed by atoms with E-state index in [9.17, 15) is 13.2 Å². The van der Waals surface area contributed by atoms with Gasteiger partial charge in [0.2, 0.25) is 5.91 Å². The van der Waals surface area contributed by atoms with Gasteiger partial charge in [0, 0.05) is 6.04 Å². The van der Waals surface area contributed by atoms with Crippen LogP contribution in [0.3, 0.4) is 0 Å². The Morgan fingerprint density at radius 3 is 2.40 bits per heavy atom. The number of carbonyl (C=O) groups excluding carboxylic acids is 1. The second kappa shape index (κ2) is 7.50. The molecule has 0 radical (unpaired) electrons. The van der Waals surface area contributed by atoms with Gasteiger partial charge in [-0.15, -0.1) is 4.40 Å². The molecule has 25 heavy (non-hydrogen) atoms. The van der Waals surface area contributed by atoms with Crippen molar-refractivity contribution in [3.63, 3.8) is 0 Å². The lowest BCUT2D eigenvalue weighted by Gasteiger charge is -2.30. The van der Waals surface area contributed by atoms with Gasteiger partial charge in [-0.2, -0.15) is 8.42 Å². The number of benzene rings is 1. The van der Waals surface area contributed by atoms with Crippen LogP contribution in [-0.2, 0) is 14.8 Å². The fourth-order valence-corrected chi connectivity index (χ4v) is 5.68. The highest BCUT2D eigenvalue weighted by atomic mass is 32.2. The Morgan fingerprint density at radius 2 is 1.80 bits per heavy atom.